The summed E-state index contributed by atoms with van der Waals surface area (Å²) in [6.45, 7) is 7.54. The summed E-state index contributed by atoms with van der Waals surface area (Å²) in [5, 5.41) is 0. The van der Waals surface area contributed by atoms with Crippen LogP contribution in [0.25, 0.3) is 0 Å². The van der Waals surface area contributed by atoms with Gasteiger partial charge in [-0.3, -0.25) is 9.59 Å². The normalized spacial score (nSPS) is 26.0. The molecule has 0 spiro atoms. The van der Waals surface area contributed by atoms with E-state index in [2.05, 4.69) is 26.0 Å². The number of carbonyl (C=O) groups excluding carboxylic acids is 2. The number of Topliss-reactive ketones (excluding diaryl/α,β-unsaturated/α-hetero) is 2. The molecule has 0 aromatic heterocycles. The molecule has 0 N–H and O–H groups in total. The lowest BCUT2D eigenvalue weighted by Crippen LogP contribution is -2.03. The van der Waals surface area contributed by atoms with E-state index in [-0.39, 0.29) is 11.7 Å². The smallest absolute Gasteiger partial charge is 0.155 e. The van der Waals surface area contributed by atoms with Gasteiger partial charge in [-0.25, -0.2) is 0 Å². The Bertz CT molecular complexity index is 388. The largest absolute Gasteiger partial charge is 0.299 e. The Morgan fingerprint density at radius 3 is 2.00 bits per heavy atom. The van der Waals surface area contributed by atoms with Gasteiger partial charge in [0.05, 0.1) is 0 Å². The molecule has 0 saturated carbocycles. The number of carbonyl (C=O) groups is 2. The molecule has 0 heterocycles. The van der Waals surface area contributed by atoms with Gasteiger partial charge >= 0.3 is 0 Å². The third-order valence-electron chi connectivity index (χ3n) is 3.66. The Balaban J connectivity index is 0.000000180. The molecule has 18 heavy (non-hydrogen) atoms. The fourth-order valence-electron chi connectivity index (χ4n) is 2.40. The maximum absolute atomic E-state index is 10.7. The van der Waals surface area contributed by atoms with Crippen molar-refractivity contribution in [1.82, 2.24) is 0 Å². The predicted molar refractivity (Wildman–Crippen MR) is 74.3 cm³/mol. The molecule has 2 atom stereocenters. The van der Waals surface area contributed by atoms with Gasteiger partial charge in [0, 0.05) is 5.92 Å². The zero-order chi connectivity index (χ0) is 13.7. The van der Waals surface area contributed by atoms with Gasteiger partial charge < -0.3 is 0 Å². The average Bonchev–Trinajstić information content (AvgIpc) is 2.88. The van der Waals surface area contributed by atoms with Gasteiger partial charge in [0.1, 0.15) is 5.78 Å². The summed E-state index contributed by atoms with van der Waals surface area (Å²) < 4.78 is 0. The molecule has 2 heteroatoms. The van der Waals surface area contributed by atoms with Crippen molar-refractivity contribution in [3.8, 4) is 0 Å². The molecule has 0 aromatic rings. The van der Waals surface area contributed by atoms with E-state index >= 15 is 0 Å². The molecule has 0 amide bonds. The highest BCUT2D eigenvalue weighted by molar-refractivity contribution is 5.93. The lowest BCUT2D eigenvalue weighted by Gasteiger charge is -1.97. The molecule has 2 nitrogen and oxygen atoms in total. The molecule has 2 aliphatic carbocycles. The number of hydrogen-bond acceptors (Lipinski definition) is 2. The van der Waals surface area contributed by atoms with Gasteiger partial charge in [0.15, 0.2) is 5.78 Å². The highest BCUT2D eigenvalue weighted by Crippen LogP contribution is 2.24. The molecule has 0 aliphatic heterocycles. The Labute approximate surface area is 110 Å². The Kier molecular flexibility index (Phi) is 5.52. The van der Waals surface area contributed by atoms with E-state index in [0.29, 0.717) is 11.7 Å². The fraction of sp³-hybridized carbons (Fsp3) is 0.625. The summed E-state index contributed by atoms with van der Waals surface area (Å²) in [5.74, 6) is 1.43. The molecular formula is C16H24O2. The molecular weight excluding hydrogens is 224 g/mol. The minimum absolute atomic E-state index is 0.241. The van der Waals surface area contributed by atoms with Crippen molar-refractivity contribution < 1.29 is 9.59 Å². The van der Waals surface area contributed by atoms with Crippen LogP contribution in [0.4, 0.5) is 0 Å². The minimum Gasteiger partial charge on any atom is -0.299 e. The van der Waals surface area contributed by atoms with Crippen molar-refractivity contribution in [3.63, 3.8) is 0 Å². The first-order valence-corrected chi connectivity index (χ1v) is 6.79. The summed E-state index contributed by atoms with van der Waals surface area (Å²) in [5.41, 5.74) is 2.40. The van der Waals surface area contributed by atoms with E-state index < -0.39 is 0 Å². The third kappa shape index (κ3) is 4.59. The average molecular weight is 248 g/mol. The van der Waals surface area contributed by atoms with Crippen molar-refractivity contribution in [2.24, 2.45) is 11.8 Å². The van der Waals surface area contributed by atoms with Gasteiger partial charge in [-0.1, -0.05) is 24.6 Å². The van der Waals surface area contributed by atoms with Crippen LogP contribution >= 0.6 is 0 Å². The van der Waals surface area contributed by atoms with Crippen molar-refractivity contribution in [3.05, 3.63) is 23.3 Å². The van der Waals surface area contributed by atoms with Crippen molar-refractivity contribution in [2.45, 2.75) is 53.4 Å². The van der Waals surface area contributed by atoms with Crippen molar-refractivity contribution >= 4 is 11.6 Å². The van der Waals surface area contributed by atoms with Crippen LogP contribution in [0.2, 0.25) is 0 Å². The van der Waals surface area contributed by atoms with Crippen LogP contribution in [0, 0.1) is 11.8 Å². The first-order valence-electron chi connectivity index (χ1n) is 6.79. The van der Waals surface area contributed by atoms with Crippen LogP contribution in [0.5, 0.6) is 0 Å². The van der Waals surface area contributed by atoms with E-state index in [9.17, 15) is 9.59 Å². The zero-order valence-corrected chi connectivity index (χ0v) is 12.0. The van der Waals surface area contributed by atoms with Crippen LogP contribution in [-0.4, -0.2) is 11.6 Å². The number of hydrogen-bond donors (Lipinski definition) is 0. The lowest BCUT2D eigenvalue weighted by molar-refractivity contribution is -0.119. The highest BCUT2D eigenvalue weighted by Gasteiger charge is 2.16. The van der Waals surface area contributed by atoms with Crippen LogP contribution in [0.15, 0.2) is 23.3 Å². The highest BCUT2D eigenvalue weighted by atomic mass is 16.1. The van der Waals surface area contributed by atoms with E-state index in [0.717, 1.165) is 31.3 Å². The quantitative estimate of drug-likeness (QED) is 0.695. The SMILES string of the molecule is CC(=O)C1=CC(C)CC1.CC(=O)C1C=C(C)CC1. The van der Waals surface area contributed by atoms with Gasteiger partial charge in [-0.2, -0.15) is 0 Å². The molecule has 2 aliphatic rings. The van der Waals surface area contributed by atoms with Gasteiger partial charge in [0.2, 0.25) is 0 Å². The van der Waals surface area contributed by atoms with Crippen LogP contribution < -0.4 is 0 Å². The second kappa shape index (κ2) is 6.67. The molecule has 2 unspecified atom stereocenters. The van der Waals surface area contributed by atoms with E-state index in [1.165, 1.54) is 5.57 Å². The zero-order valence-electron chi connectivity index (χ0n) is 12.0. The van der Waals surface area contributed by atoms with Gasteiger partial charge in [-0.05, 0) is 57.9 Å². The van der Waals surface area contributed by atoms with Crippen molar-refractivity contribution in [1.29, 1.82) is 0 Å². The van der Waals surface area contributed by atoms with Crippen LogP contribution in [0.3, 0.4) is 0 Å². The monoisotopic (exact) mass is 248 g/mol. The predicted octanol–water partition coefficient (Wildman–Crippen LogP) is 3.86. The maximum atomic E-state index is 10.7. The number of allylic oxidation sites excluding steroid dienone is 4. The fourth-order valence-corrected chi connectivity index (χ4v) is 2.40. The molecule has 0 fully saturated rings. The Morgan fingerprint density at radius 1 is 1.11 bits per heavy atom. The van der Waals surface area contributed by atoms with E-state index in [1.807, 2.05) is 0 Å². The minimum atomic E-state index is 0.241. The van der Waals surface area contributed by atoms with Crippen LogP contribution in [0.1, 0.15) is 53.4 Å². The summed E-state index contributed by atoms with van der Waals surface area (Å²) >= 11 is 0. The third-order valence-corrected chi connectivity index (χ3v) is 3.66. The van der Waals surface area contributed by atoms with Crippen LogP contribution in [-0.2, 0) is 9.59 Å². The lowest BCUT2D eigenvalue weighted by atomic mass is 10.1. The maximum Gasteiger partial charge on any atom is 0.155 e. The standard InChI is InChI=1S/2C8H12O/c2*1-6-3-4-8(5-6)7(2)9/h5,8H,3-4H2,1-2H3;5-6H,3-4H2,1-2H3. The molecule has 0 aromatic carbocycles. The van der Waals surface area contributed by atoms with Gasteiger partial charge in [-0.15, -0.1) is 0 Å². The second-order valence-electron chi connectivity index (χ2n) is 5.53. The molecule has 0 bridgehead atoms. The summed E-state index contributed by atoms with van der Waals surface area (Å²) in [7, 11) is 0. The van der Waals surface area contributed by atoms with Gasteiger partial charge in [0.25, 0.3) is 0 Å². The molecule has 2 rings (SSSR count). The number of rotatable bonds is 2. The Hall–Kier alpha value is -1.18. The van der Waals surface area contributed by atoms with E-state index in [4.69, 9.17) is 0 Å². The van der Waals surface area contributed by atoms with E-state index in [1.54, 1.807) is 13.8 Å². The summed E-state index contributed by atoms with van der Waals surface area (Å²) in [4.78, 5) is 21.5. The van der Waals surface area contributed by atoms with Crippen molar-refractivity contribution in [2.75, 3.05) is 0 Å². The topological polar surface area (TPSA) is 34.1 Å². The molecule has 0 radical (unpaired) electrons. The molecule has 100 valence electrons. The molecule has 0 saturated heterocycles. The first kappa shape index (κ1) is 14.9. The summed E-state index contributed by atoms with van der Waals surface area (Å²) in [6, 6.07) is 0. The Morgan fingerprint density at radius 2 is 1.78 bits per heavy atom. The second-order valence-corrected chi connectivity index (χ2v) is 5.53. The first-order chi connectivity index (χ1) is 8.40. The summed E-state index contributed by atoms with van der Waals surface area (Å²) in [6.07, 6.45) is 8.49. The number of ketones is 2.